The summed E-state index contributed by atoms with van der Waals surface area (Å²) in [7, 11) is 0. The Bertz CT molecular complexity index is 464. The molecule has 0 aromatic heterocycles. The highest BCUT2D eigenvalue weighted by molar-refractivity contribution is 6.30. The van der Waals surface area contributed by atoms with E-state index in [1.165, 1.54) is 12.1 Å². The monoisotopic (exact) mass is 236 g/mol. The summed E-state index contributed by atoms with van der Waals surface area (Å²) in [5.74, 6) is -0.447. The smallest absolute Gasteiger partial charge is 0.125 e. The van der Waals surface area contributed by atoms with Gasteiger partial charge in [-0.1, -0.05) is 41.9 Å². The molecule has 0 aliphatic rings. The van der Waals surface area contributed by atoms with Gasteiger partial charge in [0.1, 0.15) is 11.9 Å². The Balaban J connectivity index is 2.37. The second-order valence-electron chi connectivity index (χ2n) is 3.52. The third-order valence-electron chi connectivity index (χ3n) is 2.32. The summed E-state index contributed by atoms with van der Waals surface area (Å²) < 4.78 is 13.1. The summed E-state index contributed by atoms with van der Waals surface area (Å²) in [5.41, 5.74) is 1.17. The van der Waals surface area contributed by atoms with Crippen molar-refractivity contribution >= 4 is 11.6 Å². The lowest BCUT2D eigenvalue weighted by molar-refractivity contribution is 0.220. The third-order valence-corrected chi connectivity index (χ3v) is 2.53. The Morgan fingerprint density at radius 1 is 1.00 bits per heavy atom. The molecule has 0 saturated carbocycles. The van der Waals surface area contributed by atoms with Crippen molar-refractivity contribution < 1.29 is 9.50 Å². The van der Waals surface area contributed by atoms with Crippen LogP contribution in [-0.4, -0.2) is 5.11 Å². The summed E-state index contributed by atoms with van der Waals surface area (Å²) in [4.78, 5) is 0. The second kappa shape index (κ2) is 4.64. The molecule has 0 fully saturated rings. The molecule has 0 amide bonds. The van der Waals surface area contributed by atoms with E-state index in [0.717, 1.165) is 0 Å². The minimum absolute atomic E-state index is 0.282. The highest BCUT2D eigenvalue weighted by Gasteiger charge is 2.11. The van der Waals surface area contributed by atoms with E-state index in [1.807, 2.05) is 18.2 Å². The van der Waals surface area contributed by atoms with Gasteiger partial charge in [0.2, 0.25) is 0 Å². The largest absolute Gasteiger partial charge is 0.384 e. The van der Waals surface area contributed by atoms with Crippen LogP contribution in [0.5, 0.6) is 0 Å². The van der Waals surface area contributed by atoms with Gasteiger partial charge in [-0.15, -0.1) is 0 Å². The topological polar surface area (TPSA) is 20.2 Å². The molecule has 1 nitrogen and oxygen atoms in total. The van der Waals surface area contributed by atoms with Crippen LogP contribution in [0.4, 0.5) is 4.39 Å². The van der Waals surface area contributed by atoms with E-state index in [-0.39, 0.29) is 5.02 Å². The lowest BCUT2D eigenvalue weighted by atomic mass is 10.0. The van der Waals surface area contributed by atoms with Gasteiger partial charge in [-0.2, -0.15) is 0 Å². The van der Waals surface area contributed by atoms with Crippen molar-refractivity contribution in [1.29, 1.82) is 0 Å². The van der Waals surface area contributed by atoms with Gasteiger partial charge in [0.15, 0.2) is 0 Å². The van der Waals surface area contributed by atoms with Crippen LogP contribution in [0, 0.1) is 5.82 Å². The average molecular weight is 237 g/mol. The number of halogens is 2. The molecule has 2 aromatic carbocycles. The molecular weight excluding hydrogens is 227 g/mol. The van der Waals surface area contributed by atoms with Crippen molar-refractivity contribution in [2.45, 2.75) is 6.10 Å². The molecule has 0 spiro atoms. The molecule has 0 unspecified atom stereocenters. The highest BCUT2D eigenvalue weighted by atomic mass is 35.5. The number of hydrogen-bond acceptors (Lipinski definition) is 1. The summed E-state index contributed by atoms with van der Waals surface area (Å²) in [6.45, 7) is 0. The zero-order valence-corrected chi connectivity index (χ0v) is 9.16. The van der Waals surface area contributed by atoms with E-state index in [0.29, 0.717) is 11.1 Å². The van der Waals surface area contributed by atoms with Crippen LogP contribution < -0.4 is 0 Å². The summed E-state index contributed by atoms with van der Waals surface area (Å²) >= 11 is 5.73. The van der Waals surface area contributed by atoms with Gasteiger partial charge in [-0.3, -0.25) is 0 Å². The predicted molar refractivity (Wildman–Crippen MR) is 61.9 cm³/mol. The first-order valence-electron chi connectivity index (χ1n) is 4.86. The Labute approximate surface area is 98.1 Å². The molecule has 2 rings (SSSR count). The molecule has 1 N–H and O–H groups in total. The van der Waals surface area contributed by atoms with Crippen molar-refractivity contribution in [3.63, 3.8) is 0 Å². The van der Waals surface area contributed by atoms with Gasteiger partial charge >= 0.3 is 0 Å². The molecule has 82 valence electrons. The standard InChI is InChI=1S/C13H10ClFO/c14-11-6-10(7-12(15)8-11)13(16)9-4-2-1-3-5-9/h1-8,13,16H/t13-/m1/s1. The van der Waals surface area contributed by atoms with E-state index < -0.39 is 11.9 Å². The van der Waals surface area contributed by atoms with Crippen LogP contribution in [-0.2, 0) is 0 Å². The molecule has 1 atom stereocenters. The first-order valence-corrected chi connectivity index (χ1v) is 5.23. The molecule has 0 saturated heterocycles. The van der Waals surface area contributed by atoms with E-state index >= 15 is 0 Å². The minimum Gasteiger partial charge on any atom is -0.384 e. The van der Waals surface area contributed by atoms with Gasteiger partial charge in [-0.05, 0) is 29.3 Å². The molecule has 0 bridgehead atoms. The van der Waals surface area contributed by atoms with Gasteiger partial charge < -0.3 is 5.11 Å². The number of rotatable bonds is 2. The Hall–Kier alpha value is -1.38. The van der Waals surface area contributed by atoms with E-state index in [9.17, 15) is 9.50 Å². The molecule has 2 aromatic rings. The van der Waals surface area contributed by atoms with Crippen LogP contribution >= 0.6 is 11.6 Å². The number of hydrogen-bond donors (Lipinski definition) is 1. The van der Waals surface area contributed by atoms with Crippen LogP contribution in [0.2, 0.25) is 5.02 Å². The summed E-state index contributed by atoms with van der Waals surface area (Å²) in [6.07, 6.45) is -0.852. The third kappa shape index (κ3) is 2.40. The van der Waals surface area contributed by atoms with Crippen molar-refractivity contribution in [2.24, 2.45) is 0 Å². The van der Waals surface area contributed by atoms with Crippen molar-refractivity contribution in [3.05, 3.63) is 70.5 Å². The van der Waals surface area contributed by atoms with Gasteiger partial charge in [0.05, 0.1) is 0 Å². The Kier molecular flexibility index (Phi) is 3.22. The van der Waals surface area contributed by atoms with Crippen LogP contribution in [0.3, 0.4) is 0 Å². The van der Waals surface area contributed by atoms with Gasteiger partial charge in [0, 0.05) is 5.02 Å². The lowest BCUT2D eigenvalue weighted by Gasteiger charge is -2.11. The minimum atomic E-state index is -0.852. The molecule has 0 radical (unpaired) electrons. The fourth-order valence-electron chi connectivity index (χ4n) is 1.56. The predicted octanol–water partition coefficient (Wildman–Crippen LogP) is 3.56. The molecule has 0 heterocycles. The molecular formula is C13H10ClFO. The maximum atomic E-state index is 13.1. The number of benzene rings is 2. The van der Waals surface area contributed by atoms with Crippen LogP contribution in [0.1, 0.15) is 17.2 Å². The lowest BCUT2D eigenvalue weighted by Crippen LogP contribution is -1.99. The number of aliphatic hydroxyl groups excluding tert-OH is 1. The molecule has 16 heavy (non-hydrogen) atoms. The second-order valence-corrected chi connectivity index (χ2v) is 3.95. The summed E-state index contributed by atoms with van der Waals surface area (Å²) in [5, 5.41) is 10.3. The van der Waals surface area contributed by atoms with E-state index in [1.54, 1.807) is 18.2 Å². The number of aliphatic hydroxyl groups is 1. The normalized spacial score (nSPS) is 12.4. The fourth-order valence-corrected chi connectivity index (χ4v) is 1.79. The van der Waals surface area contributed by atoms with E-state index in [2.05, 4.69) is 0 Å². The van der Waals surface area contributed by atoms with Crippen molar-refractivity contribution in [1.82, 2.24) is 0 Å². The maximum Gasteiger partial charge on any atom is 0.125 e. The fraction of sp³-hybridized carbons (Fsp3) is 0.0769. The summed E-state index contributed by atoms with van der Waals surface area (Å²) in [6, 6.07) is 13.1. The average Bonchev–Trinajstić information content (AvgIpc) is 2.28. The Morgan fingerprint density at radius 3 is 2.31 bits per heavy atom. The van der Waals surface area contributed by atoms with E-state index in [4.69, 9.17) is 11.6 Å². The Morgan fingerprint density at radius 2 is 1.69 bits per heavy atom. The van der Waals surface area contributed by atoms with Crippen LogP contribution in [0.25, 0.3) is 0 Å². The SMILES string of the molecule is O[C@H](c1ccccc1)c1cc(F)cc(Cl)c1. The van der Waals surface area contributed by atoms with Gasteiger partial charge in [-0.25, -0.2) is 4.39 Å². The quantitative estimate of drug-likeness (QED) is 0.845. The van der Waals surface area contributed by atoms with Crippen molar-refractivity contribution in [3.8, 4) is 0 Å². The zero-order valence-electron chi connectivity index (χ0n) is 8.40. The van der Waals surface area contributed by atoms with Gasteiger partial charge in [0.25, 0.3) is 0 Å². The maximum absolute atomic E-state index is 13.1. The highest BCUT2D eigenvalue weighted by Crippen LogP contribution is 2.25. The van der Waals surface area contributed by atoms with Crippen LogP contribution in [0.15, 0.2) is 48.5 Å². The van der Waals surface area contributed by atoms with Crippen molar-refractivity contribution in [2.75, 3.05) is 0 Å². The molecule has 3 heteroatoms. The molecule has 0 aliphatic heterocycles. The first-order chi connectivity index (χ1) is 7.66. The zero-order chi connectivity index (χ0) is 11.5. The first kappa shape index (κ1) is 11.1. The molecule has 0 aliphatic carbocycles.